The van der Waals surface area contributed by atoms with Crippen molar-refractivity contribution in [3.8, 4) is 11.3 Å². The Kier molecular flexibility index (Phi) is 3.47. The van der Waals surface area contributed by atoms with Crippen LogP contribution in [-0.4, -0.2) is 6.29 Å². The van der Waals surface area contributed by atoms with Gasteiger partial charge in [0.2, 0.25) is 0 Å². The fourth-order valence-corrected chi connectivity index (χ4v) is 2.11. The van der Waals surface area contributed by atoms with Gasteiger partial charge in [-0.2, -0.15) is 13.2 Å². The molecule has 0 aliphatic rings. The summed E-state index contributed by atoms with van der Waals surface area (Å²) in [5.74, 6) is 0.316. The van der Waals surface area contributed by atoms with Crippen LogP contribution in [0.3, 0.4) is 0 Å². The molecule has 94 valence electrons. The molecule has 0 aliphatic heterocycles. The molecular weight excluding hydrogens is 360 g/mol. The van der Waals surface area contributed by atoms with Gasteiger partial charge in [0, 0.05) is 9.13 Å². The highest BCUT2D eigenvalue weighted by Gasteiger charge is 2.33. The van der Waals surface area contributed by atoms with Crippen molar-refractivity contribution in [3.63, 3.8) is 0 Å². The average molecular weight is 366 g/mol. The Morgan fingerprint density at radius 1 is 1.17 bits per heavy atom. The van der Waals surface area contributed by atoms with Crippen molar-refractivity contribution in [1.29, 1.82) is 0 Å². The first-order valence-corrected chi connectivity index (χ1v) is 5.92. The van der Waals surface area contributed by atoms with Crippen molar-refractivity contribution in [2.45, 2.75) is 6.18 Å². The molecule has 1 aromatic carbocycles. The number of carbonyl (C=O) groups is 1. The van der Waals surface area contributed by atoms with Crippen LogP contribution in [0.15, 0.2) is 34.7 Å². The van der Waals surface area contributed by atoms with E-state index in [4.69, 9.17) is 4.42 Å². The fraction of sp³-hybridized carbons (Fsp3) is 0.0833. The maximum absolute atomic E-state index is 12.7. The van der Waals surface area contributed by atoms with Crippen molar-refractivity contribution in [2.24, 2.45) is 0 Å². The first-order chi connectivity index (χ1) is 8.41. The predicted octanol–water partition coefficient (Wildman–Crippen LogP) is 4.38. The number of carbonyl (C=O) groups excluding carboxylic acids is 1. The Morgan fingerprint density at radius 2 is 1.89 bits per heavy atom. The Bertz CT molecular complexity index is 587. The lowest BCUT2D eigenvalue weighted by atomic mass is 10.1. The third-order valence-electron chi connectivity index (χ3n) is 2.30. The third kappa shape index (κ3) is 2.58. The van der Waals surface area contributed by atoms with Crippen LogP contribution in [0, 0.1) is 3.57 Å². The van der Waals surface area contributed by atoms with Gasteiger partial charge in [-0.15, -0.1) is 0 Å². The predicted molar refractivity (Wildman–Crippen MR) is 67.3 cm³/mol. The molecule has 2 nitrogen and oxygen atoms in total. The number of aldehydes is 1. The molecule has 0 saturated heterocycles. The molecule has 0 spiro atoms. The second-order valence-electron chi connectivity index (χ2n) is 3.51. The number of alkyl halides is 3. The highest BCUT2D eigenvalue weighted by atomic mass is 127. The summed E-state index contributed by atoms with van der Waals surface area (Å²) in [7, 11) is 0. The summed E-state index contributed by atoms with van der Waals surface area (Å²) in [5.41, 5.74) is -0.430. The minimum Gasteiger partial charge on any atom is -0.453 e. The van der Waals surface area contributed by atoms with Gasteiger partial charge in [-0.1, -0.05) is 6.07 Å². The van der Waals surface area contributed by atoms with Crippen molar-refractivity contribution < 1.29 is 22.4 Å². The van der Waals surface area contributed by atoms with Crippen LogP contribution in [0.4, 0.5) is 13.2 Å². The normalized spacial score (nSPS) is 11.6. The molecule has 2 rings (SSSR count). The van der Waals surface area contributed by atoms with Gasteiger partial charge in [0.1, 0.15) is 5.76 Å². The zero-order valence-corrected chi connectivity index (χ0v) is 10.9. The lowest BCUT2D eigenvalue weighted by Gasteiger charge is -2.10. The van der Waals surface area contributed by atoms with Crippen molar-refractivity contribution >= 4 is 28.9 Å². The molecule has 1 aromatic heterocycles. The summed E-state index contributed by atoms with van der Waals surface area (Å²) in [4.78, 5) is 10.5. The maximum Gasteiger partial charge on any atom is 0.417 e. The number of furan rings is 1. The first-order valence-electron chi connectivity index (χ1n) is 4.84. The second-order valence-corrected chi connectivity index (χ2v) is 4.67. The summed E-state index contributed by atoms with van der Waals surface area (Å²) in [5, 5.41) is 0. The molecule has 0 amide bonds. The smallest absolute Gasteiger partial charge is 0.417 e. The Labute approximate surface area is 114 Å². The monoisotopic (exact) mass is 366 g/mol. The van der Waals surface area contributed by atoms with E-state index in [0.717, 1.165) is 6.07 Å². The molecule has 6 heteroatoms. The molecule has 0 bridgehead atoms. The van der Waals surface area contributed by atoms with Crippen LogP contribution in [0.5, 0.6) is 0 Å². The lowest BCUT2D eigenvalue weighted by molar-refractivity contribution is -0.138. The van der Waals surface area contributed by atoms with Gasteiger partial charge < -0.3 is 4.42 Å². The fourth-order valence-electron chi connectivity index (χ4n) is 1.47. The van der Waals surface area contributed by atoms with Gasteiger partial charge in [0.15, 0.2) is 12.0 Å². The van der Waals surface area contributed by atoms with E-state index in [1.54, 1.807) is 22.6 Å². The molecule has 0 fully saturated rings. The SMILES string of the molecule is O=Cc1ccc(-c2ccc(I)c(C(F)(F)F)c2)o1. The average Bonchev–Trinajstić information content (AvgIpc) is 2.76. The van der Waals surface area contributed by atoms with Gasteiger partial charge in [0.25, 0.3) is 0 Å². The molecule has 0 unspecified atom stereocenters. The van der Waals surface area contributed by atoms with Crippen LogP contribution in [0.2, 0.25) is 0 Å². The first kappa shape index (κ1) is 13.1. The van der Waals surface area contributed by atoms with E-state index < -0.39 is 11.7 Å². The molecule has 1 heterocycles. The molecule has 18 heavy (non-hydrogen) atoms. The lowest BCUT2D eigenvalue weighted by Crippen LogP contribution is -2.07. The number of halogens is 4. The molecule has 0 radical (unpaired) electrons. The maximum atomic E-state index is 12.7. The Morgan fingerprint density at radius 3 is 2.44 bits per heavy atom. The largest absolute Gasteiger partial charge is 0.453 e. The summed E-state index contributed by atoms with van der Waals surface area (Å²) in [6.07, 6.45) is -3.91. The molecule has 0 atom stereocenters. The second kappa shape index (κ2) is 4.75. The van der Waals surface area contributed by atoms with E-state index in [1.165, 1.54) is 24.3 Å². The van der Waals surface area contributed by atoms with Gasteiger partial charge in [-0.3, -0.25) is 4.79 Å². The number of benzene rings is 1. The number of rotatable bonds is 2. The van der Waals surface area contributed by atoms with Crippen LogP contribution in [-0.2, 0) is 6.18 Å². The Balaban J connectivity index is 2.50. The van der Waals surface area contributed by atoms with E-state index in [2.05, 4.69) is 0 Å². The number of hydrogen-bond acceptors (Lipinski definition) is 2. The van der Waals surface area contributed by atoms with E-state index in [0.29, 0.717) is 6.29 Å². The molecule has 2 aromatic rings. The van der Waals surface area contributed by atoms with Crippen LogP contribution in [0.1, 0.15) is 16.1 Å². The summed E-state index contributed by atoms with van der Waals surface area (Å²) < 4.78 is 43.4. The molecule has 0 saturated carbocycles. The van der Waals surface area contributed by atoms with Gasteiger partial charge in [-0.05, 0) is 46.9 Å². The van der Waals surface area contributed by atoms with E-state index in [1.807, 2.05) is 0 Å². The summed E-state index contributed by atoms with van der Waals surface area (Å²) in [6, 6.07) is 6.76. The third-order valence-corrected chi connectivity index (χ3v) is 3.24. The quantitative estimate of drug-likeness (QED) is 0.583. The van der Waals surface area contributed by atoms with Gasteiger partial charge >= 0.3 is 6.18 Å². The van der Waals surface area contributed by atoms with Crippen molar-refractivity contribution in [1.82, 2.24) is 0 Å². The van der Waals surface area contributed by atoms with Gasteiger partial charge in [0.05, 0.1) is 5.56 Å². The minimum absolute atomic E-state index is 0.0807. The van der Waals surface area contributed by atoms with E-state index in [-0.39, 0.29) is 20.7 Å². The highest BCUT2D eigenvalue weighted by Crippen LogP contribution is 2.35. The zero-order chi connectivity index (χ0) is 13.3. The van der Waals surface area contributed by atoms with Crippen LogP contribution < -0.4 is 0 Å². The zero-order valence-electron chi connectivity index (χ0n) is 8.79. The minimum atomic E-state index is -4.41. The molecule has 0 aliphatic carbocycles. The summed E-state index contributed by atoms with van der Waals surface area (Å²) >= 11 is 1.63. The highest BCUT2D eigenvalue weighted by molar-refractivity contribution is 14.1. The van der Waals surface area contributed by atoms with E-state index in [9.17, 15) is 18.0 Å². The van der Waals surface area contributed by atoms with Crippen LogP contribution >= 0.6 is 22.6 Å². The van der Waals surface area contributed by atoms with E-state index >= 15 is 0 Å². The Hall–Kier alpha value is -1.31. The topological polar surface area (TPSA) is 30.2 Å². The van der Waals surface area contributed by atoms with Crippen molar-refractivity contribution in [3.05, 3.63) is 45.2 Å². The molecular formula is C12H6F3IO2. The van der Waals surface area contributed by atoms with Gasteiger partial charge in [-0.25, -0.2) is 0 Å². The molecule has 0 N–H and O–H groups in total. The van der Waals surface area contributed by atoms with Crippen LogP contribution in [0.25, 0.3) is 11.3 Å². The standard InChI is InChI=1S/C12H6F3IO2/c13-12(14,15)9-5-7(1-3-10(9)16)11-4-2-8(6-17)18-11/h1-6H. The number of hydrogen-bond donors (Lipinski definition) is 0. The van der Waals surface area contributed by atoms with Crippen molar-refractivity contribution in [2.75, 3.05) is 0 Å². The summed E-state index contributed by atoms with van der Waals surface area (Å²) in [6.45, 7) is 0.